The maximum Gasteiger partial charge on any atom is 0.252 e. The number of morpholine rings is 1. The molecule has 1 atom stereocenters. The van der Waals surface area contributed by atoms with Crippen LogP contribution in [0.2, 0.25) is 0 Å². The fraction of sp³-hybridized carbons (Fsp3) is 0.519. The van der Waals surface area contributed by atoms with Crippen LogP contribution in [-0.2, 0) is 27.9 Å². The molecule has 4 rings (SSSR count). The number of piperazine rings is 1. The smallest absolute Gasteiger partial charge is 0.252 e. The van der Waals surface area contributed by atoms with Gasteiger partial charge in [-0.2, -0.15) is 0 Å². The van der Waals surface area contributed by atoms with E-state index in [-0.39, 0.29) is 11.3 Å². The molecule has 0 N–H and O–H groups in total. The van der Waals surface area contributed by atoms with Crippen LogP contribution in [0.25, 0.3) is 0 Å². The van der Waals surface area contributed by atoms with Crippen LogP contribution in [0, 0.1) is 0 Å². The van der Waals surface area contributed by atoms with Gasteiger partial charge in [0.05, 0.1) is 6.61 Å². The van der Waals surface area contributed by atoms with Crippen molar-refractivity contribution in [3.63, 3.8) is 0 Å². The largest absolute Gasteiger partial charge is 0.369 e. The number of nitrogens with zero attached hydrogens (tertiary/aromatic N) is 3. The highest BCUT2D eigenvalue weighted by Gasteiger charge is 2.31. The van der Waals surface area contributed by atoms with E-state index in [1.807, 2.05) is 4.90 Å². The minimum absolute atomic E-state index is 0.101. The highest BCUT2D eigenvalue weighted by atomic mass is 16.5. The molecule has 0 radical (unpaired) electrons. The molecule has 1 unspecified atom stereocenters. The second-order valence-electron chi connectivity index (χ2n) is 10.2. The van der Waals surface area contributed by atoms with Crippen molar-refractivity contribution < 1.29 is 9.53 Å². The number of likely N-dealkylation sites (N-methyl/N-ethyl adjacent to an activating group) is 1. The van der Waals surface area contributed by atoms with E-state index in [4.69, 9.17) is 4.74 Å². The van der Waals surface area contributed by atoms with E-state index in [0.29, 0.717) is 26.1 Å². The highest BCUT2D eigenvalue weighted by molar-refractivity contribution is 5.82. The Morgan fingerprint density at radius 2 is 1.62 bits per heavy atom. The van der Waals surface area contributed by atoms with Crippen LogP contribution in [0.4, 0.5) is 5.69 Å². The summed E-state index contributed by atoms with van der Waals surface area (Å²) in [5.74, 6) is 0.101. The summed E-state index contributed by atoms with van der Waals surface area (Å²) in [6, 6.07) is 17.2. The summed E-state index contributed by atoms with van der Waals surface area (Å²) in [6.07, 6.45) is 0.215. The average molecular weight is 436 g/mol. The van der Waals surface area contributed by atoms with Crippen LogP contribution >= 0.6 is 0 Å². The Kier molecular flexibility index (Phi) is 6.87. The molecule has 32 heavy (non-hydrogen) atoms. The molecule has 2 aliphatic heterocycles. The van der Waals surface area contributed by atoms with Crippen molar-refractivity contribution in [2.75, 3.05) is 51.3 Å². The molecule has 172 valence electrons. The van der Waals surface area contributed by atoms with Crippen LogP contribution in [0.15, 0.2) is 48.5 Å². The van der Waals surface area contributed by atoms with Gasteiger partial charge in [0, 0.05) is 51.4 Å². The second kappa shape index (κ2) is 9.63. The van der Waals surface area contributed by atoms with Crippen LogP contribution in [0.5, 0.6) is 0 Å². The first-order valence-corrected chi connectivity index (χ1v) is 11.8. The zero-order valence-electron chi connectivity index (χ0n) is 20.0. The van der Waals surface area contributed by atoms with Crippen LogP contribution in [0.1, 0.15) is 37.5 Å². The molecule has 2 aromatic rings. The number of carbonyl (C=O) groups is 1. The standard InChI is InChI=1S/C27H37N3O2/c1-27(2,3)23-11-9-21(10-12-23)20-30-17-18-32-25(26(30)31)19-22-7-5-6-8-24(22)29-15-13-28(4)14-16-29/h5-12,25H,13-20H2,1-4H3. The number of amides is 1. The molecule has 0 saturated carbocycles. The molecule has 0 spiro atoms. The minimum Gasteiger partial charge on any atom is -0.369 e. The van der Waals surface area contributed by atoms with E-state index < -0.39 is 6.10 Å². The van der Waals surface area contributed by atoms with Crippen LogP contribution in [-0.4, -0.2) is 68.2 Å². The van der Waals surface area contributed by atoms with Crippen LogP contribution < -0.4 is 4.90 Å². The lowest BCUT2D eigenvalue weighted by molar-refractivity contribution is -0.153. The van der Waals surface area contributed by atoms with Crippen molar-refractivity contribution >= 4 is 11.6 Å². The monoisotopic (exact) mass is 435 g/mol. The quantitative estimate of drug-likeness (QED) is 0.717. The van der Waals surface area contributed by atoms with Gasteiger partial charge in [-0.15, -0.1) is 0 Å². The third-order valence-corrected chi connectivity index (χ3v) is 6.70. The summed E-state index contributed by atoms with van der Waals surface area (Å²) >= 11 is 0. The number of hydrogen-bond donors (Lipinski definition) is 0. The first-order chi connectivity index (χ1) is 15.3. The Hall–Kier alpha value is -2.37. The summed E-state index contributed by atoms with van der Waals surface area (Å²) < 4.78 is 5.97. The molecule has 2 aromatic carbocycles. The van der Waals surface area contributed by atoms with E-state index in [2.05, 4.69) is 86.1 Å². The average Bonchev–Trinajstić information content (AvgIpc) is 2.77. The first-order valence-electron chi connectivity index (χ1n) is 11.8. The maximum absolute atomic E-state index is 13.3. The Balaban J connectivity index is 1.43. The summed E-state index contributed by atoms with van der Waals surface area (Å²) in [4.78, 5) is 20.0. The molecule has 0 aromatic heterocycles. The molecular weight excluding hydrogens is 398 g/mol. The number of para-hydroxylation sites is 1. The molecule has 2 saturated heterocycles. The molecule has 2 fully saturated rings. The third-order valence-electron chi connectivity index (χ3n) is 6.70. The molecule has 0 aliphatic carbocycles. The van der Waals surface area contributed by atoms with Crippen molar-refractivity contribution in [1.29, 1.82) is 0 Å². The van der Waals surface area contributed by atoms with E-state index in [0.717, 1.165) is 26.2 Å². The third kappa shape index (κ3) is 5.33. The maximum atomic E-state index is 13.3. The highest BCUT2D eigenvalue weighted by Crippen LogP contribution is 2.26. The minimum atomic E-state index is -0.411. The fourth-order valence-corrected chi connectivity index (χ4v) is 4.56. The van der Waals surface area contributed by atoms with Crippen molar-refractivity contribution in [3.8, 4) is 0 Å². The normalized spacial score (nSPS) is 20.6. The Bertz CT molecular complexity index is 911. The van der Waals surface area contributed by atoms with Gasteiger partial charge in [0.2, 0.25) is 0 Å². The lowest BCUT2D eigenvalue weighted by Crippen LogP contribution is -2.48. The summed E-state index contributed by atoms with van der Waals surface area (Å²) in [5, 5.41) is 0. The molecule has 5 nitrogen and oxygen atoms in total. The van der Waals surface area contributed by atoms with E-state index in [1.54, 1.807) is 0 Å². The van der Waals surface area contributed by atoms with E-state index >= 15 is 0 Å². The molecular formula is C27H37N3O2. The van der Waals surface area contributed by atoms with Crippen molar-refractivity contribution in [1.82, 2.24) is 9.80 Å². The zero-order chi connectivity index (χ0) is 22.7. The van der Waals surface area contributed by atoms with Crippen molar-refractivity contribution in [2.24, 2.45) is 0 Å². The fourth-order valence-electron chi connectivity index (χ4n) is 4.56. The number of carbonyl (C=O) groups excluding carboxylic acids is 1. The van der Waals surface area contributed by atoms with Gasteiger partial charge in [-0.1, -0.05) is 63.2 Å². The summed E-state index contributed by atoms with van der Waals surface area (Å²) in [6.45, 7) is 12.7. The van der Waals surface area contributed by atoms with Gasteiger partial charge in [-0.25, -0.2) is 0 Å². The van der Waals surface area contributed by atoms with Crippen LogP contribution in [0.3, 0.4) is 0 Å². The van der Waals surface area contributed by atoms with Gasteiger partial charge < -0.3 is 19.4 Å². The first kappa shape index (κ1) is 22.8. The van der Waals surface area contributed by atoms with Gasteiger partial charge in [0.15, 0.2) is 0 Å². The number of hydrogen-bond acceptors (Lipinski definition) is 4. The van der Waals surface area contributed by atoms with E-state index in [9.17, 15) is 4.79 Å². The Morgan fingerprint density at radius 1 is 0.938 bits per heavy atom. The molecule has 2 aliphatic rings. The molecule has 0 bridgehead atoms. The van der Waals surface area contributed by atoms with E-state index in [1.165, 1.54) is 22.4 Å². The predicted octanol–water partition coefficient (Wildman–Crippen LogP) is 3.71. The number of ether oxygens (including phenoxy) is 1. The molecule has 1 amide bonds. The van der Waals surface area contributed by atoms with Gasteiger partial charge >= 0.3 is 0 Å². The zero-order valence-corrected chi connectivity index (χ0v) is 20.0. The van der Waals surface area contributed by atoms with Gasteiger partial charge in [-0.05, 0) is 35.2 Å². The topological polar surface area (TPSA) is 36.0 Å². The van der Waals surface area contributed by atoms with Crippen molar-refractivity contribution in [2.45, 2.75) is 45.3 Å². The number of benzene rings is 2. The number of anilines is 1. The predicted molar refractivity (Wildman–Crippen MR) is 130 cm³/mol. The van der Waals surface area contributed by atoms with Gasteiger partial charge in [0.1, 0.15) is 6.10 Å². The summed E-state index contributed by atoms with van der Waals surface area (Å²) in [5.41, 5.74) is 5.06. The Labute approximate surface area is 193 Å². The van der Waals surface area contributed by atoms with Gasteiger partial charge in [0.25, 0.3) is 5.91 Å². The molecule has 5 heteroatoms. The second-order valence-corrected chi connectivity index (χ2v) is 10.2. The lowest BCUT2D eigenvalue weighted by Gasteiger charge is -2.36. The molecule has 2 heterocycles. The van der Waals surface area contributed by atoms with Crippen molar-refractivity contribution in [3.05, 3.63) is 65.2 Å². The Morgan fingerprint density at radius 3 is 2.31 bits per heavy atom. The van der Waals surface area contributed by atoms with Gasteiger partial charge in [-0.3, -0.25) is 4.79 Å². The summed E-state index contributed by atoms with van der Waals surface area (Å²) in [7, 11) is 2.17. The number of rotatable bonds is 5. The SMILES string of the molecule is CN1CCN(c2ccccc2CC2OCCN(Cc3ccc(C(C)(C)C)cc3)C2=O)CC1. The lowest BCUT2D eigenvalue weighted by atomic mass is 9.87.